The molecule has 0 fully saturated rings. The zero-order valence-electron chi connectivity index (χ0n) is 14.2. The van der Waals surface area contributed by atoms with E-state index in [4.69, 9.17) is 23.2 Å². The summed E-state index contributed by atoms with van der Waals surface area (Å²) in [5.41, 5.74) is 1.89. The highest BCUT2D eigenvalue weighted by Crippen LogP contribution is 2.34. The summed E-state index contributed by atoms with van der Waals surface area (Å²) in [5.74, 6) is 0.754. The maximum absolute atomic E-state index is 13.1. The van der Waals surface area contributed by atoms with Gasteiger partial charge in [0.2, 0.25) is 0 Å². The lowest BCUT2D eigenvalue weighted by Gasteiger charge is -2.24. The minimum atomic E-state index is -0.503. The van der Waals surface area contributed by atoms with Crippen LogP contribution in [-0.2, 0) is 4.79 Å². The average molecular weight is 402 g/mol. The molecule has 27 heavy (non-hydrogen) atoms. The van der Waals surface area contributed by atoms with Crippen molar-refractivity contribution in [2.24, 2.45) is 0 Å². The molecular weight excluding hydrogens is 387 g/mol. The van der Waals surface area contributed by atoms with Gasteiger partial charge in [-0.05, 0) is 31.2 Å². The van der Waals surface area contributed by atoms with E-state index in [2.05, 4.69) is 25.7 Å². The Hall–Kier alpha value is -2.90. The molecule has 0 bridgehead atoms. The number of hydrogen-bond acceptors (Lipinski definition) is 4. The van der Waals surface area contributed by atoms with Gasteiger partial charge in [0.05, 0.1) is 11.3 Å². The molecule has 2 aromatic heterocycles. The maximum atomic E-state index is 13.1. The quantitative estimate of drug-likeness (QED) is 0.587. The van der Waals surface area contributed by atoms with Crippen molar-refractivity contribution in [3.63, 3.8) is 0 Å². The normalized spacial score (nSPS) is 15.9. The number of nitrogens with one attached hydrogen (secondary N) is 3. The predicted molar refractivity (Wildman–Crippen MR) is 103 cm³/mol. The summed E-state index contributed by atoms with van der Waals surface area (Å²) in [6.45, 7) is 1.82. The van der Waals surface area contributed by atoms with Gasteiger partial charge in [-0.25, -0.2) is 15.4 Å². The number of benzene rings is 1. The third-order valence-corrected chi connectivity index (χ3v) is 4.82. The van der Waals surface area contributed by atoms with Crippen LogP contribution in [0.5, 0.6) is 0 Å². The van der Waals surface area contributed by atoms with Crippen molar-refractivity contribution in [2.45, 2.75) is 13.0 Å². The van der Waals surface area contributed by atoms with Crippen molar-refractivity contribution in [3.05, 3.63) is 75.8 Å². The lowest BCUT2D eigenvalue weighted by molar-refractivity contribution is -0.746. The van der Waals surface area contributed by atoms with Gasteiger partial charge in [0.1, 0.15) is 5.82 Å². The third kappa shape index (κ3) is 3.27. The number of carbonyl (C=O) groups excluding carboxylic acids is 1. The van der Waals surface area contributed by atoms with Gasteiger partial charge >= 0.3 is 5.95 Å². The number of aromatic amines is 1. The number of anilines is 2. The minimum Gasteiger partial charge on any atom is -0.307 e. The second-order valence-corrected chi connectivity index (χ2v) is 6.83. The summed E-state index contributed by atoms with van der Waals surface area (Å²) in [5, 5.41) is 9.98. The summed E-state index contributed by atoms with van der Waals surface area (Å²) in [6.07, 6.45) is 3.16. The number of carbonyl (C=O) groups is 1. The molecule has 0 spiro atoms. The summed E-state index contributed by atoms with van der Waals surface area (Å²) in [4.78, 5) is 21.5. The fraction of sp³-hybridized carbons (Fsp3) is 0.111. The molecule has 3 N–H and O–H groups in total. The van der Waals surface area contributed by atoms with Gasteiger partial charge in [-0.2, -0.15) is 0 Å². The number of aromatic nitrogens is 4. The smallest absolute Gasteiger partial charge is 0.307 e. The molecule has 0 radical (unpaired) electrons. The Morgan fingerprint density at radius 2 is 2.07 bits per heavy atom. The lowest BCUT2D eigenvalue weighted by Crippen LogP contribution is -2.50. The van der Waals surface area contributed by atoms with E-state index in [-0.39, 0.29) is 5.91 Å². The first kappa shape index (κ1) is 17.5. The molecule has 136 valence electrons. The van der Waals surface area contributed by atoms with Crippen LogP contribution in [0.3, 0.4) is 0 Å². The van der Waals surface area contributed by atoms with Crippen molar-refractivity contribution in [1.82, 2.24) is 15.1 Å². The highest BCUT2D eigenvalue weighted by atomic mass is 35.5. The van der Waals surface area contributed by atoms with E-state index in [0.29, 0.717) is 33.1 Å². The molecule has 1 aliphatic rings. The van der Waals surface area contributed by atoms with Gasteiger partial charge in [-0.15, -0.1) is 4.68 Å². The second-order valence-electron chi connectivity index (χ2n) is 5.98. The highest BCUT2D eigenvalue weighted by Gasteiger charge is 2.39. The van der Waals surface area contributed by atoms with E-state index in [1.807, 2.05) is 6.92 Å². The summed E-state index contributed by atoms with van der Waals surface area (Å²) in [7, 11) is 0. The van der Waals surface area contributed by atoms with Crippen molar-refractivity contribution in [3.8, 4) is 0 Å². The molecule has 1 aliphatic heterocycles. The van der Waals surface area contributed by atoms with Crippen molar-refractivity contribution in [1.29, 1.82) is 0 Å². The molecule has 1 aromatic carbocycles. The molecule has 1 atom stereocenters. The Morgan fingerprint density at radius 3 is 2.81 bits per heavy atom. The molecule has 3 aromatic rings. The van der Waals surface area contributed by atoms with Crippen molar-refractivity contribution < 1.29 is 9.48 Å². The number of pyridine rings is 1. The Bertz CT molecular complexity index is 1050. The number of rotatable bonds is 3. The Morgan fingerprint density at radius 1 is 1.22 bits per heavy atom. The SMILES string of the molecule is CC1=C(C(=O)Nc2ccccn2)C(c2ccc(Cl)cc2Cl)[n+]2[nH]cnc2N1. The van der Waals surface area contributed by atoms with Crippen LogP contribution in [0.1, 0.15) is 18.5 Å². The molecule has 4 rings (SSSR count). The first-order valence-electron chi connectivity index (χ1n) is 8.14. The van der Waals surface area contributed by atoms with E-state index in [1.54, 1.807) is 53.6 Å². The van der Waals surface area contributed by atoms with Crippen LogP contribution < -0.4 is 15.3 Å². The molecule has 0 saturated heterocycles. The topological polar surface area (TPSA) is 86.6 Å². The van der Waals surface area contributed by atoms with E-state index in [1.165, 1.54) is 0 Å². The van der Waals surface area contributed by atoms with E-state index >= 15 is 0 Å². The lowest BCUT2D eigenvalue weighted by atomic mass is 9.95. The van der Waals surface area contributed by atoms with Crippen LogP contribution >= 0.6 is 23.2 Å². The number of H-pyrrole nitrogens is 1. The Balaban J connectivity index is 1.81. The van der Waals surface area contributed by atoms with Crippen molar-refractivity contribution >= 4 is 40.9 Å². The molecule has 7 nitrogen and oxygen atoms in total. The molecule has 1 amide bonds. The second kappa shape index (κ2) is 7.02. The largest absolute Gasteiger partial charge is 0.416 e. The van der Waals surface area contributed by atoms with Gasteiger partial charge < -0.3 is 5.32 Å². The molecular formula is C18H15Cl2N6O+. The zero-order chi connectivity index (χ0) is 19.0. The summed E-state index contributed by atoms with van der Waals surface area (Å²) in [6, 6.07) is 10.0. The van der Waals surface area contributed by atoms with Gasteiger partial charge in [0.15, 0.2) is 12.4 Å². The third-order valence-electron chi connectivity index (χ3n) is 4.25. The standard InChI is InChI=1S/C18H14Cl2N6O/c1-10-15(17(27)25-14-4-2-3-7-21-14)16(26-18(24-10)22-9-23-26)12-6-5-11(19)8-13(12)20/h2-9,16H,1H3,(H2,21,22,23,24,25,27)/p+1. The van der Waals surface area contributed by atoms with Gasteiger partial charge in [-0.3, -0.25) is 4.79 Å². The number of halogens is 2. The Kier molecular flexibility index (Phi) is 4.55. The maximum Gasteiger partial charge on any atom is 0.416 e. The van der Waals surface area contributed by atoms with Crippen LogP contribution in [0.2, 0.25) is 10.0 Å². The molecule has 0 aliphatic carbocycles. The monoisotopic (exact) mass is 401 g/mol. The van der Waals surface area contributed by atoms with Crippen LogP contribution in [0.15, 0.2) is 60.2 Å². The molecule has 9 heteroatoms. The van der Waals surface area contributed by atoms with E-state index in [0.717, 1.165) is 5.56 Å². The average Bonchev–Trinajstić information content (AvgIpc) is 3.09. The molecule has 1 unspecified atom stereocenters. The molecule has 3 heterocycles. The fourth-order valence-electron chi connectivity index (χ4n) is 3.07. The summed E-state index contributed by atoms with van der Waals surface area (Å²) < 4.78 is 1.75. The number of amides is 1. The molecule has 0 saturated carbocycles. The number of allylic oxidation sites excluding steroid dienone is 1. The first-order chi connectivity index (χ1) is 13.0. The zero-order valence-corrected chi connectivity index (χ0v) is 15.7. The van der Waals surface area contributed by atoms with Crippen molar-refractivity contribution in [2.75, 3.05) is 10.6 Å². The van der Waals surface area contributed by atoms with Crippen LogP contribution in [0.4, 0.5) is 11.8 Å². The fourth-order valence-corrected chi connectivity index (χ4v) is 3.58. The van der Waals surface area contributed by atoms with Gasteiger partial charge in [-0.1, -0.05) is 40.3 Å². The number of hydrogen-bond donors (Lipinski definition) is 3. The van der Waals surface area contributed by atoms with Crippen LogP contribution in [-0.4, -0.2) is 21.0 Å². The minimum absolute atomic E-state index is 0.289. The summed E-state index contributed by atoms with van der Waals surface area (Å²) >= 11 is 12.5. The van der Waals surface area contributed by atoms with Gasteiger partial charge in [0, 0.05) is 21.8 Å². The predicted octanol–water partition coefficient (Wildman–Crippen LogP) is 3.33. The van der Waals surface area contributed by atoms with E-state index in [9.17, 15) is 4.79 Å². The highest BCUT2D eigenvalue weighted by molar-refractivity contribution is 6.35. The Labute approximate surface area is 165 Å². The number of nitrogens with zero attached hydrogens (tertiary/aromatic N) is 3. The van der Waals surface area contributed by atoms with Gasteiger partial charge in [0.25, 0.3) is 5.91 Å². The van der Waals surface area contributed by atoms with Crippen LogP contribution in [0.25, 0.3) is 0 Å². The first-order valence-corrected chi connectivity index (χ1v) is 8.90. The number of fused-ring (bicyclic) bond motifs is 1. The van der Waals surface area contributed by atoms with Crippen LogP contribution in [0, 0.1) is 0 Å². The van der Waals surface area contributed by atoms with E-state index < -0.39 is 6.04 Å².